The number of hydrazine groups is 1. The summed E-state index contributed by atoms with van der Waals surface area (Å²) in [6.07, 6.45) is 0.590. The summed E-state index contributed by atoms with van der Waals surface area (Å²) < 4.78 is 9.91. The van der Waals surface area contributed by atoms with Crippen molar-refractivity contribution in [2.24, 2.45) is 5.84 Å². The van der Waals surface area contributed by atoms with Crippen LogP contribution in [0.1, 0.15) is 31.3 Å². The van der Waals surface area contributed by atoms with Crippen LogP contribution in [0, 0.1) is 0 Å². The van der Waals surface area contributed by atoms with Gasteiger partial charge in [0.15, 0.2) is 5.76 Å². The third-order valence-electron chi connectivity index (χ3n) is 1.60. The average molecular weight is 241 g/mol. The highest BCUT2D eigenvalue weighted by Gasteiger charge is 2.17. The minimum absolute atomic E-state index is 0.00133. The molecular formula is C10H15N3O4. The predicted octanol–water partition coefficient (Wildman–Crippen LogP) is 1.23. The molecule has 0 aliphatic heterocycles. The van der Waals surface area contributed by atoms with E-state index in [1.165, 1.54) is 12.3 Å². The third kappa shape index (κ3) is 4.15. The molecule has 0 radical (unpaired) electrons. The molecule has 4 N–H and O–H groups in total. The zero-order chi connectivity index (χ0) is 13.1. The Bertz CT molecular complexity index is 419. The summed E-state index contributed by atoms with van der Waals surface area (Å²) in [4.78, 5) is 22.4. The number of nitrogens with two attached hydrogens (primary N) is 1. The summed E-state index contributed by atoms with van der Waals surface area (Å²) in [5, 5.41) is 2.42. The summed E-state index contributed by atoms with van der Waals surface area (Å²) in [5.74, 6) is 4.34. The summed E-state index contributed by atoms with van der Waals surface area (Å²) in [6.45, 7) is 5.24. The van der Waals surface area contributed by atoms with E-state index in [0.29, 0.717) is 5.69 Å². The van der Waals surface area contributed by atoms with Crippen molar-refractivity contribution in [2.75, 3.05) is 5.32 Å². The van der Waals surface area contributed by atoms with E-state index in [0.717, 1.165) is 0 Å². The number of carbonyl (C=O) groups is 2. The van der Waals surface area contributed by atoms with Crippen LogP contribution in [-0.4, -0.2) is 17.6 Å². The number of carbonyl (C=O) groups excluding carboxylic acids is 2. The van der Waals surface area contributed by atoms with Gasteiger partial charge >= 0.3 is 12.0 Å². The summed E-state index contributed by atoms with van der Waals surface area (Å²) in [5.41, 5.74) is 1.63. The Balaban J connectivity index is 2.61. The van der Waals surface area contributed by atoms with Crippen molar-refractivity contribution < 1.29 is 18.7 Å². The van der Waals surface area contributed by atoms with Crippen molar-refractivity contribution in [3.63, 3.8) is 0 Å². The van der Waals surface area contributed by atoms with E-state index >= 15 is 0 Å². The van der Waals surface area contributed by atoms with Crippen molar-refractivity contribution in [1.29, 1.82) is 0 Å². The number of hydrogen-bond acceptors (Lipinski definition) is 5. The van der Waals surface area contributed by atoms with Crippen molar-refractivity contribution >= 4 is 17.7 Å². The molecular weight excluding hydrogens is 226 g/mol. The van der Waals surface area contributed by atoms with Crippen LogP contribution in [0.25, 0.3) is 0 Å². The quantitative estimate of drug-likeness (QED) is 0.410. The van der Waals surface area contributed by atoms with E-state index in [9.17, 15) is 9.59 Å². The van der Waals surface area contributed by atoms with E-state index in [-0.39, 0.29) is 5.76 Å². The van der Waals surface area contributed by atoms with Crippen molar-refractivity contribution in [3.05, 3.63) is 18.1 Å². The summed E-state index contributed by atoms with van der Waals surface area (Å²) in [7, 11) is 0. The standard InChI is InChI=1S/C10H15N3O4/c1-10(2,3)17-9(15)12-6-4-7(16-5-6)8(14)13-11/h4-5H,11H2,1-3H3,(H,12,15)(H,13,14). The van der Waals surface area contributed by atoms with Gasteiger partial charge in [0.2, 0.25) is 0 Å². The van der Waals surface area contributed by atoms with Crippen LogP contribution < -0.4 is 16.6 Å². The predicted molar refractivity (Wildman–Crippen MR) is 60.2 cm³/mol. The molecule has 0 saturated heterocycles. The van der Waals surface area contributed by atoms with Gasteiger partial charge in [0.25, 0.3) is 0 Å². The van der Waals surface area contributed by atoms with Crippen LogP contribution in [0.2, 0.25) is 0 Å². The van der Waals surface area contributed by atoms with E-state index in [1.807, 2.05) is 5.43 Å². The lowest BCUT2D eigenvalue weighted by molar-refractivity contribution is 0.0635. The molecule has 0 aliphatic rings. The largest absolute Gasteiger partial charge is 0.457 e. The fraction of sp³-hybridized carbons (Fsp3) is 0.400. The lowest BCUT2D eigenvalue weighted by Crippen LogP contribution is -2.29. The first-order chi connectivity index (χ1) is 7.81. The van der Waals surface area contributed by atoms with Gasteiger partial charge in [-0.3, -0.25) is 15.5 Å². The van der Waals surface area contributed by atoms with Gasteiger partial charge in [-0.2, -0.15) is 0 Å². The second-order valence-electron chi connectivity index (χ2n) is 4.30. The zero-order valence-electron chi connectivity index (χ0n) is 9.87. The molecule has 1 aromatic heterocycles. The van der Waals surface area contributed by atoms with Crippen LogP contribution in [0.5, 0.6) is 0 Å². The lowest BCUT2D eigenvalue weighted by atomic mass is 10.2. The molecule has 0 fully saturated rings. The zero-order valence-corrected chi connectivity index (χ0v) is 9.87. The molecule has 0 unspecified atom stereocenters. The first-order valence-electron chi connectivity index (χ1n) is 4.91. The SMILES string of the molecule is CC(C)(C)OC(=O)Nc1coc(C(=O)NN)c1. The Morgan fingerprint density at radius 3 is 2.59 bits per heavy atom. The van der Waals surface area contributed by atoms with Gasteiger partial charge in [-0.05, 0) is 20.8 Å². The Kier molecular flexibility index (Phi) is 3.74. The van der Waals surface area contributed by atoms with Crippen LogP contribution in [0.15, 0.2) is 16.7 Å². The van der Waals surface area contributed by atoms with E-state index in [4.69, 9.17) is 15.0 Å². The van der Waals surface area contributed by atoms with Crippen LogP contribution in [0.4, 0.5) is 10.5 Å². The van der Waals surface area contributed by atoms with Gasteiger partial charge < -0.3 is 9.15 Å². The highest BCUT2D eigenvalue weighted by Crippen LogP contribution is 2.15. The first kappa shape index (κ1) is 13.0. The molecule has 0 bridgehead atoms. The number of anilines is 1. The maximum absolute atomic E-state index is 11.4. The minimum Gasteiger partial charge on any atom is -0.457 e. The Morgan fingerprint density at radius 2 is 2.06 bits per heavy atom. The fourth-order valence-electron chi connectivity index (χ4n) is 1.01. The molecule has 2 amide bonds. The van der Waals surface area contributed by atoms with Gasteiger partial charge in [0.1, 0.15) is 11.9 Å². The number of amides is 2. The number of nitrogens with one attached hydrogen (secondary N) is 2. The van der Waals surface area contributed by atoms with Crippen LogP contribution >= 0.6 is 0 Å². The van der Waals surface area contributed by atoms with Gasteiger partial charge in [-0.1, -0.05) is 0 Å². The number of furan rings is 1. The molecule has 17 heavy (non-hydrogen) atoms. The molecule has 0 saturated carbocycles. The highest BCUT2D eigenvalue weighted by atomic mass is 16.6. The number of nitrogen functional groups attached to an aromatic ring is 1. The van der Waals surface area contributed by atoms with Gasteiger partial charge in [0, 0.05) is 6.07 Å². The van der Waals surface area contributed by atoms with E-state index < -0.39 is 17.6 Å². The first-order valence-corrected chi connectivity index (χ1v) is 4.91. The van der Waals surface area contributed by atoms with Crippen LogP contribution in [0.3, 0.4) is 0 Å². The second kappa shape index (κ2) is 4.88. The van der Waals surface area contributed by atoms with Gasteiger partial charge in [0.05, 0.1) is 5.69 Å². The number of hydrogen-bond donors (Lipinski definition) is 3. The molecule has 94 valence electrons. The van der Waals surface area contributed by atoms with Crippen LogP contribution in [-0.2, 0) is 4.74 Å². The number of rotatable bonds is 2. The second-order valence-corrected chi connectivity index (χ2v) is 4.30. The number of ether oxygens (including phenoxy) is 1. The average Bonchev–Trinajstić information content (AvgIpc) is 2.62. The van der Waals surface area contributed by atoms with Crippen molar-refractivity contribution in [3.8, 4) is 0 Å². The Hall–Kier alpha value is -2.02. The smallest absolute Gasteiger partial charge is 0.412 e. The maximum Gasteiger partial charge on any atom is 0.412 e. The van der Waals surface area contributed by atoms with E-state index in [2.05, 4.69) is 5.32 Å². The molecule has 0 atom stereocenters. The molecule has 1 rings (SSSR count). The van der Waals surface area contributed by atoms with Gasteiger partial charge in [-0.25, -0.2) is 10.6 Å². The van der Waals surface area contributed by atoms with Crippen molar-refractivity contribution in [1.82, 2.24) is 5.43 Å². The van der Waals surface area contributed by atoms with E-state index in [1.54, 1.807) is 20.8 Å². The Morgan fingerprint density at radius 1 is 1.41 bits per heavy atom. The fourth-order valence-corrected chi connectivity index (χ4v) is 1.01. The third-order valence-corrected chi connectivity index (χ3v) is 1.60. The molecule has 0 spiro atoms. The minimum atomic E-state index is -0.627. The monoisotopic (exact) mass is 241 g/mol. The molecule has 0 aliphatic carbocycles. The van der Waals surface area contributed by atoms with Gasteiger partial charge in [-0.15, -0.1) is 0 Å². The molecule has 7 nitrogen and oxygen atoms in total. The summed E-state index contributed by atoms with van der Waals surface area (Å²) in [6, 6.07) is 1.34. The van der Waals surface area contributed by atoms with Crippen molar-refractivity contribution in [2.45, 2.75) is 26.4 Å². The summed E-state index contributed by atoms with van der Waals surface area (Å²) >= 11 is 0. The maximum atomic E-state index is 11.4. The molecule has 1 heterocycles. The topological polar surface area (TPSA) is 107 Å². The Labute approximate surface area is 98.3 Å². The normalized spacial score (nSPS) is 10.8. The highest BCUT2D eigenvalue weighted by molar-refractivity contribution is 5.93. The molecule has 7 heteroatoms. The molecule has 1 aromatic rings. The lowest BCUT2D eigenvalue weighted by Gasteiger charge is -2.19. The molecule has 0 aromatic carbocycles.